The molecule has 1 saturated carbocycles. The van der Waals surface area contributed by atoms with Crippen molar-refractivity contribution in [2.45, 2.75) is 36.4 Å². The summed E-state index contributed by atoms with van der Waals surface area (Å²) < 4.78 is 0. The molecule has 0 aromatic rings. The van der Waals surface area contributed by atoms with Crippen LogP contribution in [0.4, 0.5) is 0 Å². The fourth-order valence-electron chi connectivity index (χ4n) is 1.53. The van der Waals surface area contributed by atoms with Gasteiger partial charge in [-0.15, -0.1) is 0 Å². The Hall–Kier alpha value is -0.240. The Morgan fingerprint density at radius 2 is 1.85 bits per heavy atom. The minimum atomic E-state index is -1.87. The first-order valence-corrected chi connectivity index (χ1v) is 4.05. The third-order valence-electron chi connectivity index (χ3n) is 2.55. The molecule has 7 N–H and O–H groups in total. The summed E-state index contributed by atoms with van der Waals surface area (Å²) in [7, 11) is 0. The van der Waals surface area contributed by atoms with E-state index in [0.29, 0.717) is 0 Å². The van der Waals surface area contributed by atoms with Crippen LogP contribution in [0.25, 0.3) is 0 Å². The molecule has 0 radical (unpaired) electrons. The maximum Gasteiger partial charge on any atom is 0.119 e. The molecule has 1 aliphatic rings. The van der Waals surface area contributed by atoms with E-state index in [0.717, 1.165) is 0 Å². The molecule has 0 unspecified atom stereocenters. The van der Waals surface area contributed by atoms with E-state index in [2.05, 4.69) is 0 Å². The molecule has 78 valence electrons. The zero-order valence-electron chi connectivity index (χ0n) is 7.04. The van der Waals surface area contributed by atoms with Gasteiger partial charge in [0, 0.05) is 6.42 Å². The van der Waals surface area contributed by atoms with Gasteiger partial charge in [0.25, 0.3) is 0 Å². The molecular formula is C7H15NO5. The average molecular weight is 193 g/mol. The molecule has 6 nitrogen and oxygen atoms in total. The molecule has 5 atom stereocenters. The molecule has 0 bridgehead atoms. The maximum absolute atomic E-state index is 9.53. The molecule has 0 saturated heterocycles. The van der Waals surface area contributed by atoms with E-state index >= 15 is 0 Å². The number of nitrogens with two attached hydrogens (primary N) is 1. The van der Waals surface area contributed by atoms with Crippen LogP contribution in [0, 0.1) is 0 Å². The van der Waals surface area contributed by atoms with Gasteiger partial charge in [-0.05, 0) is 0 Å². The highest BCUT2D eigenvalue weighted by Gasteiger charge is 2.49. The largest absolute Gasteiger partial charge is 0.393 e. The van der Waals surface area contributed by atoms with Crippen molar-refractivity contribution in [2.75, 3.05) is 6.61 Å². The van der Waals surface area contributed by atoms with Crippen LogP contribution in [0.2, 0.25) is 0 Å². The maximum atomic E-state index is 9.53. The lowest BCUT2D eigenvalue weighted by Crippen LogP contribution is -2.66. The molecule has 1 aliphatic carbocycles. The predicted octanol–water partition coefficient (Wildman–Crippen LogP) is -3.48. The molecule has 0 aromatic heterocycles. The Kier molecular flexibility index (Phi) is 2.91. The zero-order chi connectivity index (χ0) is 10.2. The standard InChI is InChI=1S/C7H15NO5/c8-4-3(10)1-7(13,2-9)6(12)5(4)11/h3-6,9-13H,1-2,8H2/t3-,4-,5+,6-,7+/m0/s1. The second-order valence-electron chi connectivity index (χ2n) is 3.55. The number of rotatable bonds is 1. The van der Waals surface area contributed by atoms with Crippen molar-refractivity contribution in [2.24, 2.45) is 5.73 Å². The van der Waals surface area contributed by atoms with Crippen molar-refractivity contribution in [3.63, 3.8) is 0 Å². The first kappa shape index (κ1) is 10.8. The summed E-state index contributed by atoms with van der Waals surface area (Å²) in [5.74, 6) is 0. The summed E-state index contributed by atoms with van der Waals surface area (Å²) >= 11 is 0. The highest BCUT2D eigenvalue weighted by atomic mass is 16.4. The van der Waals surface area contributed by atoms with Crippen LogP contribution < -0.4 is 5.73 Å². The van der Waals surface area contributed by atoms with E-state index in [1.807, 2.05) is 0 Å². The molecule has 1 fully saturated rings. The lowest BCUT2D eigenvalue weighted by molar-refractivity contribution is -0.197. The van der Waals surface area contributed by atoms with E-state index in [-0.39, 0.29) is 6.42 Å². The van der Waals surface area contributed by atoms with E-state index in [4.69, 9.17) is 10.8 Å². The molecule has 13 heavy (non-hydrogen) atoms. The number of hydrogen-bond acceptors (Lipinski definition) is 6. The van der Waals surface area contributed by atoms with Gasteiger partial charge in [-0.3, -0.25) is 0 Å². The second kappa shape index (κ2) is 3.49. The number of aliphatic hydroxyl groups excluding tert-OH is 4. The van der Waals surface area contributed by atoms with Crippen LogP contribution in [-0.4, -0.2) is 62.1 Å². The van der Waals surface area contributed by atoms with Gasteiger partial charge < -0.3 is 31.3 Å². The first-order valence-electron chi connectivity index (χ1n) is 4.05. The van der Waals surface area contributed by atoms with Crippen LogP contribution in [0.5, 0.6) is 0 Å². The Bertz CT molecular complexity index is 190. The molecular weight excluding hydrogens is 178 g/mol. The van der Waals surface area contributed by atoms with Crippen LogP contribution in [0.3, 0.4) is 0 Å². The van der Waals surface area contributed by atoms with E-state index in [9.17, 15) is 20.4 Å². The Morgan fingerprint density at radius 1 is 1.31 bits per heavy atom. The summed E-state index contributed by atoms with van der Waals surface area (Å²) in [4.78, 5) is 0. The summed E-state index contributed by atoms with van der Waals surface area (Å²) in [5, 5.41) is 46.2. The van der Waals surface area contributed by atoms with Gasteiger partial charge in [0.1, 0.15) is 17.8 Å². The van der Waals surface area contributed by atoms with Crippen LogP contribution in [0.1, 0.15) is 6.42 Å². The molecule has 0 aromatic carbocycles. The molecule has 0 heterocycles. The Labute approximate surface area is 75.2 Å². The van der Waals surface area contributed by atoms with Crippen molar-refractivity contribution in [1.82, 2.24) is 0 Å². The van der Waals surface area contributed by atoms with Crippen molar-refractivity contribution >= 4 is 0 Å². The van der Waals surface area contributed by atoms with Gasteiger partial charge in [0.05, 0.1) is 18.8 Å². The van der Waals surface area contributed by atoms with Gasteiger partial charge >= 0.3 is 0 Å². The lowest BCUT2D eigenvalue weighted by Gasteiger charge is -2.43. The van der Waals surface area contributed by atoms with Crippen molar-refractivity contribution in [3.8, 4) is 0 Å². The summed E-state index contributed by atoms with van der Waals surface area (Å²) in [6, 6.07) is -0.998. The summed E-state index contributed by atoms with van der Waals surface area (Å²) in [6.45, 7) is -0.727. The molecule has 0 aliphatic heterocycles. The third-order valence-corrected chi connectivity index (χ3v) is 2.55. The molecule has 0 amide bonds. The minimum absolute atomic E-state index is 0.247. The van der Waals surface area contributed by atoms with Crippen LogP contribution >= 0.6 is 0 Å². The van der Waals surface area contributed by atoms with E-state index in [1.54, 1.807) is 0 Å². The Morgan fingerprint density at radius 3 is 2.31 bits per heavy atom. The predicted molar refractivity (Wildman–Crippen MR) is 42.6 cm³/mol. The van der Waals surface area contributed by atoms with Crippen molar-refractivity contribution < 1.29 is 25.5 Å². The fraction of sp³-hybridized carbons (Fsp3) is 1.00. The van der Waals surface area contributed by atoms with Gasteiger partial charge in [-0.2, -0.15) is 0 Å². The lowest BCUT2D eigenvalue weighted by atomic mass is 9.77. The van der Waals surface area contributed by atoms with Crippen molar-refractivity contribution in [1.29, 1.82) is 0 Å². The average Bonchev–Trinajstić information content (AvgIpc) is 2.12. The van der Waals surface area contributed by atoms with Crippen molar-refractivity contribution in [3.05, 3.63) is 0 Å². The van der Waals surface area contributed by atoms with E-state index in [1.165, 1.54) is 0 Å². The highest BCUT2D eigenvalue weighted by Crippen LogP contribution is 2.28. The molecule has 0 spiro atoms. The minimum Gasteiger partial charge on any atom is -0.393 e. The fourth-order valence-corrected chi connectivity index (χ4v) is 1.53. The second-order valence-corrected chi connectivity index (χ2v) is 3.55. The first-order chi connectivity index (χ1) is 5.92. The Balaban J connectivity index is 2.82. The normalized spacial score (nSPS) is 52.2. The third kappa shape index (κ3) is 1.69. The number of hydrogen-bond donors (Lipinski definition) is 6. The van der Waals surface area contributed by atoms with Crippen LogP contribution in [0.15, 0.2) is 0 Å². The smallest absolute Gasteiger partial charge is 0.119 e. The molecule has 6 heteroatoms. The molecule has 1 rings (SSSR count). The van der Waals surface area contributed by atoms with Gasteiger partial charge in [0.15, 0.2) is 0 Å². The summed E-state index contributed by atoms with van der Waals surface area (Å²) in [6.07, 6.45) is -4.34. The summed E-state index contributed by atoms with van der Waals surface area (Å²) in [5.41, 5.74) is 3.47. The topological polar surface area (TPSA) is 127 Å². The zero-order valence-corrected chi connectivity index (χ0v) is 7.04. The number of aliphatic hydroxyl groups is 5. The van der Waals surface area contributed by atoms with Crippen LogP contribution in [-0.2, 0) is 0 Å². The van der Waals surface area contributed by atoms with Gasteiger partial charge in [0.2, 0.25) is 0 Å². The van der Waals surface area contributed by atoms with E-state index < -0.39 is 36.6 Å². The van der Waals surface area contributed by atoms with Gasteiger partial charge in [-0.1, -0.05) is 0 Å². The van der Waals surface area contributed by atoms with Gasteiger partial charge in [-0.25, -0.2) is 0 Å². The SMILES string of the molecule is N[C@@H]1[C@@H](O)[C@H](O)[C@](O)(CO)C[C@@H]1O. The monoisotopic (exact) mass is 193 g/mol. The highest BCUT2D eigenvalue weighted by molar-refractivity contribution is 5.03. The quantitative estimate of drug-likeness (QED) is 0.257.